The Bertz CT molecular complexity index is 1810. The first-order chi connectivity index (χ1) is 24.8. The molecule has 1 heterocycles. The van der Waals surface area contributed by atoms with E-state index < -0.39 is 35.4 Å². The standard InChI is InChI=1S/C39H44N6O5S/c1-27-31(23-41-26-42-27)24-45(51(49)34-21-18-32(40)19-22-34)33(25-46)20-17-28-11-9-10-16-35(28)43-38(47)37(44-39(48)50-2)36(29-12-5-3-6-13-29)30-14-7-4-8-15-30/h3-14,16,18-19,21-23,26,30,33,36-37,46H,15,17,20,24-25,40H2,1-2H3,(H,43,47)(H,44,48)/t30?,33-,36?,37-,51?/m0/s1. The Hall–Kier alpha value is -5.01. The number of benzene rings is 3. The number of hydrogen-bond donors (Lipinski definition) is 4. The van der Waals surface area contributed by atoms with E-state index in [9.17, 15) is 19.2 Å². The number of anilines is 2. The summed E-state index contributed by atoms with van der Waals surface area (Å²) in [5, 5.41) is 16.6. The number of nitrogens with one attached hydrogen (secondary N) is 2. The molecule has 51 heavy (non-hydrogen) atoms. The maximum absolute atomic E-state index is 14.2. The topological polar surface area (TPSA) is 166 Å². The number of amides is 2. The fraction of sp³-hybridized carbons (Fsp3) is 0.282. The Labute approximate surface area is 302 Å². The molecule has 5 N–H and O–H groups in total. The molecule has 3 aromatic carbocycles. The molecular formula is C39H44N6O5S. The lowest BCUT2D eigenvalue weighted by Crippen LogP contribution is -2.49. The third kappa shape index (κ3) is 9.83. The highest BCUT2D eigenvalue weighted by Crippen LogP contribution is 2.35. The van der Waals surface area contributed by atoms with Crippen molar-refractivity contribution in [3.05, 3.63) is 138 Å². The number of hydrogen-bond acceptors (Lipinski definition) is 9. The number of methoxy groups -OCH3 is 1. The van der Waals surface area contributed by atoms with E-state index >= 15 is 0 Å². The predicted molar refractivity (Wildman–Crippen MR) is 199 cm³/mol. The van der Waals surface area contributed by atoms with Crippen molar-refractivity contribution in [2.45, 2.75) is 55.6 Å². The number of para-hydroxylation sites is 1. The molecule has 3 unspecified atom stereocenters. The van der Waals surface area contributed by atoms with Crippen LogP contribution in [-0.2, 0) is 33.9 Å². The summed E-state index contributed by atoms with van der Waals surface area (Å²) in [6.07, 6.45) is 12.0. The summed E-state index contributed by atoms with van der Waals surface area (Å²) < 4.78 is 20.7. The van der Waals surface area contributed by atoms with Crippen molar-refractivity contribution >= 4 is 34.7 Å². The summed E-state index contributed by atoms with van der Waals surface area (Å²) in [4.78, 5) is 35.9. The predicted octanol–water partition coefficient (Wildman–Crippen LogP) is 5.46. The summed E-state index contributed by atoms with van der Waals surface area (Å²) in [5.41, 5.74) is 10.3. The minimum Gasteiger partial charge on any atom is -0.593 e. The number of alkyl carbamates (subject to hydrolysis) is 1. The molecule has 4 aromatic rings. The van der Waals surface area contributed by atoms with Crippen LogP contribution >= 0.6 is 0 Å². The van der Waals surface area contributed by atoms with Gasteiger partial charge in [-0.25, -0.2) is 14.8 Å². The fourth-order valence-corrected chi connectivity index (χ4v) is 7.58. The van der Waals surface area contributed by atoms with Crippen molar-refractivity contribution in [1.82, 2.24) is 19.6 Å². The van der Waals surface area contributed by atoms with Gasteiger partial charge < -0.3 is 30.8 Å². The molecule has 0 fully saturated rings. The Morgan fingerprint density at radius 2 is 1.80 bits per heavy atom. The van der Waals surface area contributed by atoms with Crippen LogP contribution < -0.4 is 16.4 Å². The number of aromatic nitrogens is 2. The molecule has 0 saturated carbocycles. The Kier molecular flexibility index (Phi) is 13.4. The number of nitrogen functional groups attached to an aromatic ring is 1. The summed E-state index contributed by atoms with van der Waals surface area (Å²) in [6, 6.07) is 22.4. The third-order valence-corrected chi connectivity index (χ3v) is 10.6. The molecule has 12 heteroatoms. The van der Waals surface area contributed by atoms with Crippen molar-refractivity contribution in [2.24, 2.45) is 5.92 Å². The lowest BCUT2D eigenvalue weighted by atomic mass is 9.77. The number of allylic oxidation sites excluding steroid dienone is 4. The van der Waals surface area contributed by atoms with E-state index in [1.807, 2.05) is 73.7 Å². The molecule has 1 aliphatic rings. The van der Waals surface area contributed by atoms with Crippen LogP contribution in [0.2, 0.25) is 0 Å². The van der Waals surface area contributed by atoms with Crippen LogP contribution in [0, 0.1) is 12.8 Å². The van der Waals surface area contributed by atoms with Gasteiger partial charge >= 0.3 is 6.09 Å². The van der Waals surface area contributed by atoms with Crippen LogP contribution in [0.4, 0.5) is 16.2 Å². The molecule has 5 rings (SSSR count). The minimum absolute atomic E-state index is 0.0579. The van der Waals surface area contributed by atoms with Gasteiger partial charge in [0.05, 0.1) is 37.7 Å². The average Bonchev–Trinajstić information content (AvgIpc) is 3.16. The molecule has 2 amide bonds. The largest absolute Gasteiger partial charge is 0.593 e. The number of aryl methyl sites for hydroxylation is 2. The number of carbonyl (C=O) groups is 2. The van der Waals surface area contributed by atoms with Crippen LogP contribution in [0.1, 0.15) is 41.1 Å². The number of rotatable bonds is 15. The third-order valence-electron chi connectivity index (χ3n) is 9.03. The first-order valence-electron chi connectivity index (χ1n) is 16.8. The molecule has 0 bridgehead atoms. The first kappa shape index (κ1) is 37.3. The second-order valence-corrected chi connectivity index (χ2v) is 13.7. The smallest absolute Gasteiger partial charge is 0.407 e. The van der Waals surface area contributed by atoms with Gasteiger partial charge in [0.15, 0.2) is 4.90 Å². The normalized spacial score (nSPS) is 16.2. The molecule has 266 valence electrons. The van der Waals surface area contributed by atoms with Gasteiger partial charge in [0, 0.05) is 34.7 Å². The van der Waals surface area contributed by atoms with Crippen LogP contribution in [0.3, 0.4) is 0 Å². The number of nitrogens with two attached hydrogens (primary N) is 1. The van der Waals surface area contributed by atoms with Crippen molar-refractivity contribution in [3.8, 4) is 0 Å². The van der Waals surface area contributed by atoms with Gasteiger partial charge in [-0.3, -0.25) is 4.79 Å². The summed E-state index contributed by atoms with van der Waals surface area (Å²) in [7, 11) is 1.27. The quantitative estimate of drug-likeness (QED) is 0.0926. The molecule has 0 spiro atoms. The maximum Gasteiger partial charge on any atom is 0.407 e. The molecule has 1 aliphatic carbocycles. The van der Waals surface area contributed by atoms with E-state index in [2.05, 4.69) is 32.8 Å². The van der Waals surface area contributed by atoms with E-state index in [-0.39, 0.29) is 25.0 Å². The monoisotopic (exact) mass is 708 g/mol. The Balaban J connectivity index is 1.40. The van der Waals surface area contributed by atoms with Gasteiger partial charge in [0.2, 0.25) is 5.91 Å². The SMILES string of the molecule is COC(=O)N[C@H](C(=O)Nc1ccccc1CC[C@@H](CO)N(Cc1cncnc1C)[S+]([O-])c1ccc(N)cc1)C(c1ccccc1)C1C=CC=CC1. The highest BCUT2D eigenvalue weighted by molar-refractivity contribution is 7.89. The summed E-state index contributed by atoms with van der Waals surface area (Å²) >= 11 is -1.65. The van der Waals surface area contributed by atoms with Gasteiger partial charge in [-0.1, -0.05) is 72.8 Å². The number of nitrogens with zero attached hydrogens (tertiary/aromatic N) is 3. The van der Waals surface area contributed by atoms with Crippen LogP contribution in [-0.4, -0.2) is 61.7 Å². The molecule has 0 aliphatic heterocycles. The zero-order chi connectivity index (χ0) is 36.2. The lowest BCUT2D eigenvalue weighted by Gasteiger charge is -2.33. The maximum atomic E-state index is 14.2. The van der Waals surface area contributed by atoms with Crippen LogP contribution in [0.25, 0.3) is 0 Å². The van der Waals surface area contributed by atoms with Gasteiger partial charge in [0.25, 0.3) is 0 Å². The van der Waals surface area contributed by atoms with E-state index in [0.717, 1.165) is 22.4 Å². The van der Waals surface area contributed by atoms with E-state index in [1.165, 1.54) is 13.4 Å². The zero-order valence-corrected chi connectivity index (χ0v) is 29.5. The Morgan fingerprint density at radius 3 is 2.49 bits per heavy atom. The van der Waals surface area contributed by atoms with Gasteiger partial charge in [0.1, 0.15) is 12.4 Å². The number of ether oxygens (including phenoxy) is 1. The van der Waals surface area contributed by atoms with Crippen LogP contribution in [0.5, 0.6) is 0 Å². The summed E-state index contributed by atoms with van der Waals surface area (Å²) in [6.45, 7) is 1.83. The number of aliphatic hydroxyl groups excluding tert-OH is 1. The van der Waals surface area contributed by atoms with Crippen molar-refractivity contribution in [3.63, 3.8) is 0 Å². The van der Waals surface area contributed by atoms with E-state index in [1.54, 1.807) is 34.8 Å². The van der Waals surface area contributed by atoms with E-state index in [0.29, 0.717) is 35.5 Å². The molecular weight excluding hydrogens is 665 g/mol. The van der Waals surface area contributed by atoms with Crippen molar-refractivity contribution in [2.75, 3.05) is 24.8 Å². The first-order valence-corrected chi connectivity index (χ1v) is 17.9. The number of carbonyl (C=O) groups excluding carboxylic acids is 2. The summed E-state index contributed by atoms with van der Waals surface area (Å²) in [5.74, 6) is -0.842. The van der Waals surface area contributed by atoms with Gasteiger partial charge in [-0.05, 0) is 73.6 Å². The second kappa shape index (κ2) is 18.3. The van der Waals surface area contributed by atoms with Crippen molar-refractivity contribution < 1.29 is 24.0 Å². The lowest BCUT2D eigenvalue weighted by molar-refractivity contribution is -0.118. The second-order valence-electron chi connectivity index (χ2n) is 12.3. The Morgan fingerprint density at radius 1 is 1.06 bits per heavy atom. The highest BCUT2D eigenvalue weighted by Gasteiger charge is 2.37. The highest BCUT2D eigenvalue weighted by atomic mass is 32.2. The molecule has 5 atom stereocenters. The minimum atomic E-state index is -1.65. The zero-order valence-electron chi connectivity index (χ0n) is 28.7. The van der Waals surface area contributed by atoms with Gasteiger partial charge in [-0.2, -0.15) is 0 Å². The van der Waals surface area contributed by atoms with Gasteiger partial charge in [-0.15, -0.1) is 4.31 Å². The average molecular weight is 709 g/mol. The molecule has 0 radical (unpaired) electrons. The molecule has 11 nitrogen and oxygen atoms in total. The van der Waals surface area contributed by atoms with E-state index in [4.69, 9.17) is 10.5 Å². The number of aliphatic hydroxyl groups is 1. The molecule has 1 aromatic heterocycles. The molecule has 0 saturated heterocycles. The van der Waals surface area contributed by atoms with Crippen LogP contribution in [0.15, 0.2) is 121 Å². The fourth-order valence-electron chi connectivity index (χ4n) is 6.24. The van der Waals surface area contributed by atoms with Crippen molar-refractivity contribution in [1.29, 1.82) is 0 Å².